The van der Waals surface area contributed by atoms with Gasteiger partial charge in [-0.25, -0.2) is 13.6 Å². The van der Waals surface area contributed by atoms with E-state index in [1.807, 2.05) is 0 Å². The van der Waals surface area contributed by atoms with Gasteiger partial charge >= 0.3 is 5.97 Å². The van der Waals surface area contributed by atoms with Crippen molar-refractivity contribution in [3.8, 4) is 0 Å². The molecule has 0 aliphatic carbocycles. The van der Waals surface area contributed by atoms with E-state index >= 15 is 0 Å². The number of nitrogens with two attached hydrogens (primary N) is 1. The second-order valence-corrected chi connectivity index (χ2v) is 6.20. The average molecular weight is 303 g/mol. The van der Waals surface area contributed by atoms with Gasteiger partial charge in [-0.3, -0.25) is 9.59 Å². The van der Waals surface area contributed by atoms with E-state index in [0.29, 0.717) is 0 Å². The van der Waals surface area contributed by atoms with Gasteiger partial charge in [0.25, 0.3) is 5.91 Å². The Morgan fingerprint density at radius 3 is 2.45 bits per heavy atom. The van der Waals surface area contributed by atoms with Crippen molar-refractivity contribution in [2.24, 2.45) is 18.1 Å². The van der Waals surface area contributed by atoms with Crippen LogP contribution in [0.4, 0.5) is 0 Å². The number of carbonyl (C=O) groups is 2. The summed E-state index contributed by atoms with van der Waals surface area (Å²) in [6.07, 6.45) is 1.23. The topological polar surface area (TPSA) is 123 Å². The lowest BCUT2D eigenvalue weighted by atomic mass is 10.1. The summed E-state index contributed by atoms with van der Waals surface area (Å²) < 4.78 is 23.8. The van der Waals surface area contributed by atoms with Crippen LogP contribution in [0.3, 0.4) is 0 Å². The minimum Gasteiger partial charge on any atom is -0.481 e. The maximum atomic E-state index is 12.1. The number of aryl methyl sites for hydroxylation is 1. The average Bonchev–Trinajstić information content (AvgIpc) is 2.69. The summed E-state index contributed by atoms with van der Waals surface area (Å²) in [5, 5.41) is 13.8. The first-order valence-corrected chi connectivity index (χ1v) is 7.26. The highest BCUT2D eigenvalue weighted by Crippen LogP contribution is 2.14. The number of aromatic nitrogens is 1. The number of nitrogens with zero attached hydrogens (tertiary/aromatic N) is 2. The highest BCUT2D eigenvalue weighted by Gasteiger charge is 2.22. The molecule has 0 saturated heterocycles. The van der Waals surface area contributed by atoms with Crippen LogP contribution in [0.2, 0.25) is 0 Å². The summed E-state index contributed by atoms with van der Waals surface area (Å²) >= 11 is 0. The Labute approximate surface area is 116 Å². The van der Waals surface area contributed by atoms with E-state index in [1.165, 1.54) is 42.7 Å². The monoisotopic (exact) mass is 303 g/mol. The summed E-state index contributed by atoms with van der Waals surface area (Å²) in [5.74, 6) is -2.21. The van der Waals surface area contributed by atoms with Gasteiger partial charge in [-0.2, -0.15) is 0 Å². The van der Waals surface area contributed by atoms with Crippen LogP contribution >= 0.6 is 0 Å². The van der Waals surface area contributed by atoms with Crippen LogP contribution in [-0.4, -0.2) is 48.5 Å². The smallest absolute Gasteiger partial charge is 0.308 e. The Hall–Kier alpha value is -1.87. The second kappa shape index (κ2) is 5.63. The number of carbonyl (C=O) groups excluding carboxylic acids is 1. The SMILES string of the molecule is CC(CN(C)C(=O)c1cc(S(N)(=O)=O)cn1C)C(=O)O. The lowest BCUT2D eigenvalue weighted by Crippen LogP contribution is -2.34. The summed E-state index contributed by atoms with van der Waals surface area (Å²) in [6.45, 7) is 1.50. The van der Waals surface area contributed by atoms with E-state index < -0.39 is 27.8 Å². The number of rotatable bonds is 5. The molecule has 0 saturated carbocycles. The first-order chi connectivity index (χ1) is 9.04. The summed E-state index contributed by atoms with van der Waals surface area (Å²) in [4.78, 5) is 24.0. The fourth-order valence-electron chi connectivity index (χ4n) is 1.67. The van der Waals surface area contributed by atoms with Crippen LogP contribution in [0.25, 0.3) is 0 Å². The molecule has 1 unspecified atom stereocenters. The van der Waals surface area contributed by atoms with Gasteiger partial charge in [0.1, 0.15) is 10.6 Å². The highest BCUT2D eigenvalue weighted by atomic mass is 32.2. The zero-order chi connectivity index (χ0) is 15.7. The molecule has 3 N–H and O–H groups in total. The highest BCUT2D eigenvalue weighted by molar-refractivity contribution is 7.89. The molecule has 1 atom stereocenters. The Bertz CT molecular complexity index is 634. The third-order valence-electron chi connectivity index (χ3n) is 2.84. The van der Waals surface area contributed by atoms with Gasteiger partial charge in [0.15, 0.2) is 0 Å². The number of hydrogen-bond donors (Lipinski definition) is 2. The predicted molar refractivity (Wildman–Crippen MR) is 70.5 cm³/mol. The van der Waals surface area contributed by atoms with Crippen LogP contribution in [0, 0.1) is 5.92 Å². The molecule has 8 nitrogen and oxygen atoms in total. The van der Waals surface area contributed by atoms with Crippen molar-refractivity contribution in [3.63, 3.8) is 0 Å². The van der Waals surface area contributed by atoms with Crippen molar-refractivity contribution in [1.29, 1.82) is 0 Å². The Balaban J connectivity index is 2.98. The minimum atomic E-state index is -3.89. The van der Waals surface area contributed by atoms with Crippen LogP contribution in [0.15, 0.2) is 17.2 Å². The van der Waals surface area contributed by atoms with E-state index in [2.05, 4.69) is 0 Å². The first-order valence-electron chi connectivity index (χ1n) is 5.71. The number of amides is 1. The van der Waals surface area contributed by atoms with E-state index in [9.17, 15) is 18.0 Å². The lowest BCUT2D eigenvalue weighted by molar-refractivity contribution is -0.141. The summed E-state index contributed by atoms with van der Waals surface area (Å²) in [7, 11) is -0.926. The Kier molecular flexibility index (Phi) is 4.56. The quantitative estimate of drug-likeness (QED) is 0.756. The Morgan fingerprint density at radius 1 is 1.50 bits per heavy atom. The molecular formula is C11H17N3O5S. The van der Waals surface area contributed by atoms with Crippen molar-refractivity contribution in [1.82, 2.24) is 9.47 Å². The molecule has 0 fully saturated rings. The first kappa shape index (κ1) is 16.2. The van der Waals surface area contributed by atoms with Gasteiger partial charge in [-0.15, -0.1) is 0 Å². The molecule has 20 heavy (non-hydrogen) atoms. The van der Waals surface area contributed by atoms with Gasteiger partial charge in [-0.1, -0.05) is 6.92 Å². The van der Waals surface area contributed by atoms with E-state index in [1.54, 1.807) is 0 Å². The third kappa shape index (κ3) is 3.58. The maximum Gasteiger partial charge on any atom is 0.308 e. The molecule has 0 spiro atoms. The zero-order valence-corrected chi connectivity index (χ0v) is 12.2. The van der Waals surface area contributed by atoms with E-state index in [-0.39, 0.29) is 17.1 Å². The molecular weight excluding hydrogens is 286 g/mol. The molecule has 0 aliphatic rings. The zero-order valence-electron chi connectivity index (χ0n) is 11.4. The van der Waals surface area contributed by atoms with Gasteiger partial charge in [-0.05, 0) is 6.07 Å². The minimum absolute atomic E-state index is 0.0179. The van der Waals surface area contributed by atoms with Crippen molar-refractivity contribution in [2.75, 3.05) is 13.6 Å². The van der Waals surface area contributed by atoms with E-state index in [0.717, 1.165) is 0 Å². The maximum absolute atomic E-state index is 12.1. The lowest BCUT2D eigenvalue weighted by Gasteiger charge is -2.19. The molecule has 0 aromatic carbocycles. The third-order valence-corrected chi connectivity index (χ3v) is 3.72. The molecule has 1 heterocycles. The van der Waals surface area contributed by atoms with Gasteiger partial charge < -0.3 is 14.6 Å². The summed E-state index contributed by atoms with van der Waals surface area (Å²) in [5.41, 5.74) is 0.120. The van der Waals surface area contributed by atoms with Crippen molar-refractivity contribution in [3.05, 3.63) is 18.0 Å². The molecule has 0 aliphatic heterocycles. The van der Waals surface area contributed by atoms with Crippen LogP contribution in [0.5, 0.6) is 0 Å². The molecule has 112 valence electrons. The number of primary sulfonamides is 1. The second-order valence-electron chi connectivity index (χ2n) is 4.64. The summed E-state index contributed by atoms with van der Waals surface area (Å²) in [6, 6.07) is 1.17. The number of carboxylic acid groups (broad SMARTS) is 1. The molecule has 1 aromatic rings. The normalized spacial score (nSPS) is 13.0. The fourth-order valence-corrected chi connectivity index (χ4v) is 2.25. The number of aliphatic carboxylic acids is 1. The van der Waals surface area contributed by atoms with Crippen molar-refractivity contribution >= 4 is 21.9 Å². The van der Waals surface area contributed by atoms with Gasteiger partial charge in [0.2, 0.25) is 10.0 Å². The van der Waals surface area contributed by atoms with Gasteiger partial charge in [0, 0.05) is 26.8 Å². The van der Waals surface area contributed by atoms with Crippen LogP contribution < -0.4 is 5.14 Å². The van der Waals surface area contributed by atoms with Crippen LogP contribution in [-0.2, 0) is 21.9 Å². The molecule has 1 amide bonds. The van der Waals surface area contributed by atoms with Gasteiger partial charge in [0.05, 0.1) is 5.92 Å². The van der Waals surface area contributed by atoms with Crippen molar-refractivity contribution in [2.45, 2.75) is 11.8 Å². The largest absolute Gasteiger partial charge is 0.481 e. The molecule has 1 rings (SSSR count). The predicted octanol–water partition coefficient (Wildman–Crippen LogP) is -0.535. The Morgan fingerprint density at radius 2 is 2.05 bits per heavy atom. The molecule has 9 heteroatoms. The molecule has 1 aromatic heterocycles. The standard InChI is InChI=1S/C11H17N3O5S/c1-7(11(16)17)5-14(3)10(15)9-4-8(6-13(9)2)20(12,18)19/h4,6-7H,5H2,1-3H3,(H,16,17)(H2,12,18,19). The number of hydrogen-bond acceptors (Lipinski definition) is 4. The fraction of sp³-hybridized carbons (Fsp3) is 0.455. The van der Waals surface area contributed by atoms with Crippen LogP contribution in [0.1, 0.15) is 17.4 Å². The number of sulfonamides is 1. The molecule has 0 bridgehead atoms. The molecule has 0 radical (unpaired) electrons. The van der Waals surface area contributed by atoms with Crippen molar-refractivity contribution < 1.29 is 23.1 Å². The van der Waals surface area contributed by atoms with E-state index in [4.69, 9.17) is 10.2 Å². The number of carboxylic acids is 1.